The van der Waals surface area contributed by atoms with Gasteiger partial charge in [0.1, 0.15) is 5.65 Å². The van der Waals surface area contributed by atoms with E-state index >= 15 is 0 Å². The van der Waals surface area contributed by atoms with Gasteiger partial charge in [-0.3, -0.25) is 4.90 Å². The molecule has 4 heteroatoms. The summed E-state index contributed by atoms with van der Waals surface area (Å²) in [6, 6.07) is 21.8. The molecule has 0 amide bonds. The number of hydrogen-bond acceptors (Lipinski definition) is 3. The second-order valence-electron chi connectivity index (χ2n) is 6.85. The molecule has 1 aromatic carbocycles. The number of rotatable bonds is 4. The van der Waals surface area contributed by atoms with Crippen molar-refractivity contribution >= 4 is 17.0 Å². The van der Waals surface area contributed by atoms with E-state index in [1.54, 1.807) is 0 Å². The minimum atomic E-state index is 0.535. The minimum absolute atomic E-state index is 0.535. The van der Waals surface area contributed by atoms with E-state index in [0.717, 1.165) is 24.4 Å². The summed E-state index contributed by atoms with van der Waals surface area (Å²) in [6.07, 6.45) is 4.65. The number of hydrogen-bond donors (Lipinski definition) is 0. The zero-order valence-corrected chi connectivity index (χ0v) is 15.4. The number of aromatic nitrogens is 2. The van der Waals surface area contributed by atoms with Crippen LogP contribution < -0.4 is 0 Å². The van der Waals surface area contributed by atoms with Crippen molar-refractivity contribution in [2.24, 2.45) is 0 Å². The van der Waals surface area contributed by atoms with Crippen LogP contribution in [0.3, 0.4) is 0 Å². The largest absolute Gasteiger partial charge is 0.302 e. The highest BCUT2D eigenvalue weighted by Gasteiger charge is 2.28. The van der Waals surface area contributed by atoms with E-state index in [2.05, 4.69) is 81.5 Å². The summed E-state index contributed by atoms with van der Waals surface area (Å²) in [7, 11) is 0. The highest BCUT2D eigenvalue weighted by Crippen LogP contribution is 2.37. The third kappa shape index (κ3) is 2.75. The number of pyridine rings is 1. The van der Waals surface area contributed by atoms with Crippen LogP contribution in [-0.2, 0) is 6.54 Å². The molecule has 3 aromatic heterocycles. The van der Waals surface area contributed by atoms with Gasteiger partial charge in [0.2, 0.25) is 0 Å². The van der Waals surface area contributed by atoms with Crippen molar-refractivity contribution in [1.82, 2.24) is 14.3 Å². The van der Waals surface area contributed by atoms with E-state index in [-0.39, 0.29) is 0 Å². The van der Waals surface area contributed by atoms with Gasteiger partial charge in [-0.05, 0) is 43.0 Å². The molecule has 130 valence electrons. The van der Waals surface area contributed by atoms with Gasteiger partial charge in [0.15, 0.2) is 0 Å². The Kier molecular flexibility index (Phi) is 4.07. The molecule has 0 bridgehead atoms. The number of nitrogens with zero attached hydrogens (tertiary/aromatic N) is 3. The summed E-state index contributed by atoms with van der Waals surface area (Å²) < 4.78 is 2.26. The number of likely N-dealkylation sites (tertiary alicyclic amines) is 1. The molecule has 5 rings (SSSR count). The summed E-state index contributed by atoms with van der Waals surface area (Å²) in [5.74, 6) is 0. The fourth-order valence-electron chi connectivity index (χ4n) is 4.04. The Labute approximate surface area is 157 Å². The highest BCUT2D eigenvalue weighted by molar-refractivity contribution is 7.10. The molecule has 0 saturated carbocycles. The first-order chi connectivity index (χ1) is 12.9. The van der Waals surface area contributed by atoms with Crippen LogP contribution in [0.4, 0.5) is 0 Å². The summed E-state index contributed by atoms with van der Waals surface area (Å²) in [5, 5.41) is 2.19. The topological polar surface area (TPSA) is 20.5 Å². The molecule has 1 unspecified atom stereocenters. The van der Waals surface area contributed by atoms with Crippen LogP contribution in [0.15, 0.2) is 72.2 Å². The Morgan fingerprint density at radius 3 is 2.73 bits per heavy atom. The molecule has 0 radical (unpaired) electrons. The van der Waals surface area contributed by atoms with Crippen LogP contribution in [0.1, 0.15) is 29.5 Å². The van der Waals surface area contributed by atoms with E-state index in [0.29, 0.717) is 6.04 Å². The molecular formula is C22H21N3S. The van der Waals surface area contributed by atoms with E-state index < -0.39 is 0 Å². The van der Waals surface area contributed by atoms with Crippen molar-refractivity contribution in [2.45, 2.75) is 25.4 Å². The van der Waals surface area contributed by atoms with Crippen molar-refractivity contribution < 1.29 is 0 Å². The van der Waals surface area contributed by atoms with Gasteiger partial charge in [-0.2, -0.15) is 0 Å². The lowest BCUT2D eigenvalue weighted by Crippen LogP contribution is -2.23. The van der Waals surface area contributed by atoms with Crippen molar-refractivity contribution in [3.8, 4) is 11.3 Å². The molecule has 0 N–H and O–H groups in total. The molecule has 4 heterocycles. The summed E-state index contributed by atoms with van der Waals surface area (Å²) in [4.78, 5) is 9.06. The van der Waals surface area contributed by atoms with Crippen molar-refractivity contribution in [2.75, 3.05) is 6.54 Å². The van der Waals surface area contributed by atoms with Crippen LogP contribution in [0.2, 0.25) is 0 Å². The molecule has 1 atom stereocenters. The Hall–Kier alpha value is -2.43. The molecule has 1 saturated heterocycles. The Morgan fingerprint density at radius 2 is 1.88 bits per heavy atom. The predicted molar refractivity (Wildman–Crippen MR) is 107 cm³/mol. The predicted octanol–water partition coefficient (Wildman–Crippen LogP) is 5.40. The lowest BCUT2D eigenvalue weighted by Gasteiger charge is -2.24. The first-order valence-electron chi connectivity index (χ1n) is 9.19. The van der Waals surface area contributed by atoms with Gasteiger partial charge >= 0.3 is 0 Å². The van der Waals surface area contributed by atoms with Crippen LogP contribution >= 0.6 is 11.3 Å². The summed E-state index contributed by atoms with van der Waals surface area (Å²) >= 11 is 1.88. The quantitative estimate of drug-likeness (QED) is 0.486. The van der Waals surface area contributed by atoms with Crippen molar-refractivity contribution in [3.63, 3.8) is 0 Å². The third-order valence-corrected chi connectivity index (χ3v) is 6.24. The number of fused-ring (bicyclic) bond motifs is 1. The summed E-state index contributed by atoms with van der Waals surface area (Å²) in [5.41, 5.74) is 4.61. The molecule has 1 aliphatic heterocycles. The Morgan fingerprint density at radius 1 is 1.00 bits per heavy atom. The molecule has 0 aliphatic carbocycles. The Bertz CT molecular complexity index is 1000. The van der Waals surface area contributed by atoms with Crippen molar-refractivity contribution in [1.29, 1.82) is 0 Å². The normalized spacial score (nSPS) is 17.9. The first-order valence-corrected chi connectivity index (χ1v) is 10.1. The van der Waals surface area contributed by atoms with E-state index in [1.165, 1.54) is 29.0 Å². The molecule has 26 heavy (non-hydrogen) atoms. The van der Waals surface area contributed by atoms with E-state index in [4.69, 9.17) is 4.98 Å². The lowest BCUT2D eigenvalue weighted by atomic mass is 10.1. The average molecular weight is 359 g/mol. The Balaban J connectivity index is 1.58. The second-order valence-corrected chi connectivity index (χ2v) is 7.83. The maximum absolute atomic E-state index is 4.95. The first kappa shape index (κ1) is 15.8. The SMILES string of the molecule is c1ccc(-c2nc3ccccn3c2CN2CCCC2c2cccs2)cc1. The van der Waals surface area contributed by atoms with Crippen LogP contribution in [-0.4, -0.2) is 20.8 Å². The van der Waals surface area contributed by atoms with Crippen molar-refractivity contribution in [3.05, 3.63) is 82.8 Å². The van der Waals surface area contributed by atoms with Crippen LogP contribution in [0.5, 0.6) is 0 Å². The zero-order chi connectivity index (χ0) is 17.3. The molecule has 0 spiro atoms. The summed E-state index contributed by atoms with van der Waals surface area (Å²) in [6.45, 7) is 2.08. The zero-order valence-electron chi connectivity index (χ0n) is 14.6. The third-order valence-electron chi connectivity index (χ3n) is 5.26. The maximum atomic E-state index is 4.95. The minimum Gasteiger partial charge on any atom is -0.302 e. The van der Waals surface area contributed by atoms with Gasteiger partial charge in [0.25, 0.3) is 0 Å². The monoisotopic (exact) mass is 359 g/mol. The number of imidazole rings is 1. The standard InChI is InChI=1S/C22H21N3S/c1-2-8-17(9-3-1)22-19(25-14-5-4-12-21(25)23-22)16-24-13-6-10-18(24)20-11-7-15-26-20/h1-5,7-9,11-12,14-15,18H,6,10,13,16H2. The van der Waals surface area contributed by atoms with Gasteiger partial charge in [0, 0.05) is 29.2 Å². The average Bonchev–Trinajstić information content (AvgIpc) is 3.43. The lowest BCUT2D eigenvalue weighted by molar-refractivity contribution is 0.248. The second kappa shape index (κ2) is 6.71. The molecular weight excluding hydrogens is 338 g/mol. The maximum Gasteiger partial charge on any atom is 0.137 e. The van der Waals surface area contributed by atoms with Gasteiger partial charge < -0.3 is 4.40 Å². The van der Waals surface area contributed by atoms with Crippen LogP contribution in [0.25, 0.3) is 16.9 Å². The fraction of sp³-hybridized carbons (Fsp3) is 0.227. The molecule has 1 fully saturated rings. The highest BCUT2D eigenvalue weighted by atomic mass is 32.1. The number of thiophene rings is 1. The van der Waals surface area contributed by atoms with Gasteiger partial charge in [-0.25, -0.2) is 4.98 Å². The van der Waals surface area contributed by atoms with E-state index in [1.807, 2.05) is 11.3 Å². The fourth-order valence-corrected chi connectivity index (χ4v) is 4.93. The van der Waals surface area contributed by atoms with Gasteiger partial charge in [0.05, 0.1) is 11.4 Å². The van der Waals surface area contributed by atoms with E-state index in [9.17, 15) is 0 Å². The van der Waals surface area contributed by atoms with Gasteiger partial charge in [-0.1, -0.05) is 42.5 Å². The smallest absolute Gasteiger partial charge is 0.137 e. The van der Waals surface area contributed by atoms with Gasteiger partial charge in [-0.15, -0.1) is 11.3 Å². The molecule has 3 nitrogen and oxygen atoms in total. The molecule has 1 aliphatic rings. The number of benzene rings is 1. The molecule has 4 aromatic rings. The van der Waals surface area contributed by atoms with Crippen LogP contribution in [0, 0.1) is 0 Å².